The number of imidazole rings is 1. The molecule has 0 saturated carbocycles. The Kier molecular flexibility index (Phi) is 4.17. The molecule has 4 heteroatoms. The maximum atomic E-state index is 8.91. The molecular formula is C10H15N3O. The summed E-state index contributed by atoms with van der Waals surface area (Å²) in [5.41, 5.74) is 6.55. The van der Waals surface area contributed by atoms with E-state index in [1.807, 2.05) is 11.5 Å². The van der Waals surface area contributed by atoms with E-state index in [1.54, 1.807) is 12.5 Å². The molecule has 3 N–H and O–H groups in total. The van der Waals surface area contributed by atoms with E-state index in [9.17, 15) is 0 Å². The van der Waals surface area contributed by atoms with Crippen molar-refractivity contribution >= 4 is 0 Å². The predicted molar refractivity (Wildman–Crippen MR) is 54.3 cm³/mol. The van der Waals surface area contributed by atoms with Crippen LogP contribution in [0, 0.1) is 11.8 Å². The molecular weight excluding hydrogens is 178 g/mol. The predicted octanol–water partition coefficient (Wildman–Crippen LogP) is 0.289. The van der Waals surface area contributed by atoms with Gasteiger partial charge in [-0.1, -0.05) is 0 Å². The van der Waals surface area contributed by atoms with Crippen molar-refractivity contribution in [2.45, 2.75) is 25.9 Å². The molecule has 76 valence electrons. The van der Waals surface area contributed by atoms with E-state index in [0.717, 1.165) is 18.7 Å². The summed E-state index contributed by atoms with van der Waals surface area (Å²) in [6.45, 7) is 2.52. The number of aromatic nitrogens is 2. The van der Waals surface area contributed by atoms with E-state index in [-0.39, 0.29) is 12.6 Å². The van der Waals surface area contributed by atoms with Gasteiger partial charge in [-0.2, -0.15) is 0 Å². The summed E-state index contributed by atoms with van der Waals surface area (Å²) in [7, 11) is 0. The Morgan fingerprint density at radius 1 is 1.71 bits per heavy atom. The minimum absolute atomic E-state index is 0.0643. The summed E-state index contributed by atoms with van der Waals surface area (Å²) < 4.78 is 1.92. The molecule has 1 heterocycles. The van der Waals surface area contributed by atoms with Crippen molar-refractivity contribution in [2.75, 3.05) is 6.61 Å². The molecule has 4 nitrogen and oxygen atoms in total. The summed E-state index contributed by atoms with van der Waals surface area (Å²) in [6.07, 6.45) is 4.17. The number of aliphatic hydroxyl groups excluding tert-OH is 1. The van der Waals surface area contributed by atoms with Gasteiger partial charge in [0, 0.05) is 19.2 Å². The topological polar surface area (TPSA) is 64.1 Å². The Labute approximate surface area is 83.8 Å². The molecule has 0 aliphatic heterocycles. The van der Waals surface area contributed by atoms with Crippen LogP contribution in [0.4, 0.5) is 0 Å². The van der Waals surface area contributed by atoms with Crippen LogP contribution in [0.25, 0.3) is 0 Å². The van der Waals surface area contributed by atoms with Crippen LogP contribution in [0.15, 0.2) is 12.5 Å². The van der Waals surface area contributed by atoms with Crippen LogP contribution >= 0.6 is 0 Å². The molecule has 14 heavy (non-hydrogen) atoms. The molecule has 0 aromatic carbocycles. The van der Waals surface area contributed by atoms with Crippen LogP contribution in [-0.2, 0) is 6.54 Å². The molecule has 0 bridgehead atoms. The van der Waals surface area contributed by atoms with Crippen LogP contribution < -0.4 is 5.73 Å². The Morgan fingerprint density at radius 2 is 2.50 bits per heavy atom. The monoisotopic (exact) mass is 193 g/mol. The van der Waals surface area contributed by atoms with Crippen molar-refractivity contribution in [1.82, 2.24) is 9.55 Å². The van der Waals surface area contributed by atoms with Crippen LogP contribution in [0.3, 0.4) is 0 Å². The van der Waals surface area contributed by atoms with Crippen LogP contribution in [0.1, 0.15) is 25.1 Å². The van der Waals surface area contributed by atoms with Crippen molar-refractivity contribution in [1.29, 1.82) is 0 Å². The average Bonchev–Trinajstić information content (AvgIpc) is 2.65. The summed E-state index contributed by atoms with van der Waals surface area (Å²) in [5.74, 6) is 5.80. The van der Waals surface area contributed by atoms with Crippen LogP contribution in [-0.4, -0.2) is 21.3 Å². The van der Waals surface area contributed by atoms with Gasteiger partial charge in [-0.3, -0.25) is 0 Å². The summed E-state index contributed by atoms with van der Waals surface area (Å²) in [6, 6.07) is -0.355. The Balaban J connectivity index is 2.65. The van der Waals surface area contributed by atoms with Crippen molar-refractivity contribution < 1.29 is 5.11 Å². The third-order valence-electron chi connectivity index (χ3n) is 1.98. The third kappa shape index (κ3) is 2.59. The lowest BCUT2D eigenvalue weighted by molar-refractivity contribution is 0.263. The van der Waals surface area contributed by atoms with Crippen LogP contribution in [0.2, 0.25) is 0 Å². The zero-order chi connectivity index (χ0) is 10.4. The Hall–Kier alpha value is -1.31. The van der Waals surface area contributed by atoms with E-state index < -0.39 is 0 Å². The van der Waals surface area contributed by atoms with Gasteiger partial charge in [-0.25, -0.2) is 4.98 Å². The fourth-order valence-corrected chi connectivity index (χ4v) is 1.22. The standard InChI is InChI=1S/C10H15N3O/c1-2-3-4-5-13-8-12-6-10(13)9(11)7-14/h6,8-9,14H,4-5,7,11H2,1H3. The Morgan fingerprint density at radius 3 is 3.14 bits per heavy atom. The highest BCUT2D eigenvalue weighted by Crippen LogP contribution is 2.09. The molecule has 0 spiro atoms. The number of hydrogen-bond donors (Lipinski definition) is 2. The van der Waals surface area contributed by atoms with Crippen molar-refractivity contribution in [3.05, 3.63) is 18.2 Å². The normalized spacial score (nSPS) is 11.9. The van der Waals surface area contributed by atoms with Gasteiger partial charge in [0.05, 0.1) is 24.7 Å². The van der Waals surface area contributed by atoms with Gasteiger partial charge >= 0.3 is 0 Å². The molecule has 0 amide bonds. The Bertz CT molecular complexity index is 335. The molecule has 0 radical (unpaired) electrons. The number of aliphatic hydroxyl groups is 1. The molecule has 1 aromatic rings. The highest BCUT2D eigenvalue weighted by molar-refractivity contribution is 5.05. The first-order valence-corrected chi connectivity index (χ1v) is 4.55. The first-order valence-electron chi connectivity index (χ1n) is 4.55. The summed E-state index contributed by atoms with van der Waals surface area (Å²) >= 11 is 0. The lowest BCUT2D eigenvalue weighted by Gasteiger charge is -2.10. The minimum atomic E-state index is -0.355. The van der Waals surface area contributed by atoms with Gasteiger partial charge in [0.25, 0.3) is 0 Å². The third-order valence-corrected chi connectivity index (χ3v) is 1.98. The molecule has 0 saturated heterocycles. The molecule has 0 aliphatic carbocycles. The first kappa shape index (κ1) is 10.8. The molecule has 1 unspecified atom stereocenters. The maximum absolute atomic E-state index is 8.91. The lowest BCUT2D eigenvalue weighted by Crippen LogP contribution is -2.18. The number of nitrogens with two attached hydrogens (primary N) is 1. The second kappa shape index (κ2) is 5.43. The number of rotatable bonds is 4. The number of hydrogen-bond acceptors (Lipinski definition) is 3. The number of nitrogens with zero attached hydrogens (tertiary/aromatic N) is 2. The van der Waals surface area contributed by atoms with Gasteiger partial charge in [0.1, 0.15) is 0 Å². The molecule has 1 rings (SSSR count). The molecule has 0 aliphatic rings. The van der Waals surface area contributed by atoms with Gasteiger partial charge < -0.3 is 15.4 Å². The van der Waals surface area contributed by atoms with E-state index in [1.165, 1.54) is 0 Å². The van der Waals surface area contributed by atoms with E-state index in [2.05, 4.69) is 16.8 Å². The number of aryl methyl sites for hydroxylation is 1. The lowest BCUT2D eigenvalue weighted by atomic mass is 10.2. The summed E-state index contributed by atoms with van der Waals surface area (Å²) in [5, 5.41) is 8.91. The largest absolute Gasteiger partial charge is 0.394 e. The minimum Gasteiger partial charge on any atom is -0.394 e. The van der Waals surface area contributed by atoms with Gasteiger partial charge in [0.2, 0.25) is 0 Å². The van der Waals surface area contributed by atoms with Gasteiger partial charge in [0.15, 0.2) is 0 Å². The average molecular weight is 193 g/mol. The second-order valence-corrected chi connectivity index (χ2v) is 2.98. The fraction of sp³-hybridized carbons (Fsp3) is 0.500. The van der Waals surface area contributed by atoms with Crippen molar-refractivity contribution in [3.8, 4) is 11.8 Å². The maximum Gasteiger partial charge on any atom is 0.0948 e. The van der Waals surface area contributed by atoms with Gasteiger partial charge in [-0.05, 0) is 6.92 Å². The van der Waals surface area contributed by atoms with E-state index in [4.69, 9.17) is 10.8 Å². The van der Waals surface area contributed by atoms with Crippen molar-refractivity contribution in [2.24, 2.45) is 5.73 Å². The zero-order valence-electron chi connectivity index (χ0n) is 8.27. The van der Waals surface area contributed by atoms with Crippen molar-refractivity contribution in [3.63, 3.8) is 0 Å². The molecule has 1 atom stereocenters. The fourth-order valence-electron chi connectivity index (χ4n) is 1.22. The highest BCUT2D eigenvalue weighted by atomic mass is 16.3. The summed E-state index contributed by atoms with van der Waals surface area (Å²) in [4.78, 5) is 3.99. The smallest absolute Gasteiger partial charge is 0.0948 e. The first-order chi connectivity index (χ1) is 6.79. The van der Waals surface area contributed by atoms with E-state index >= 15 is 0 Å². The van der Waals surface area contributed by atoms with Crippen LogP contribution in [0.5, 0.6) is 0 Å². The van der Waals surface area contributed by atoms with E-state index in [0.29, 0.717) is 0 Å². The molecule has 0 fully saturated rings. The second-order valence-electron chi connectivity index (χ2n) is 2.98. The SMILES string of the molecule is CC#CCCn1cncc1C(N)CO. The quantitative estimate of drug-likeness (QED) is 0.675. The molecule has 1 aromatic heterocycles. The zero-order valence-corrected chi connectivity index (χ0v) is 8.27. The highest BCUT2D eigenvalue weighted by Gasteiger charge is 2.09. The van der Waals surface area contributed by atoms with Gasteiger partial charge in [-0.15, -0.1) is 11.8 Å².